The highest BCUT2D eigenvalue weighted by Gasteiger charge is 2.20. The van der Waals surface area contributed by atoms with Crippen LogP contribution in [0.4, 0.5) is 0 Å². The smallest absolute Gasteiger partial charge is 0.0474 e. The Morgan fingerprint density at radius 1 is 1.35 bits per heavy atom. The van der Waals surface area contributed by atoms with Crippen LogP contribution in [0.25, 0.3) is 0 Å². The largest absolute Gasteiger partial charge is 0.323 e. The topological polar surface area (TPSA) is 38.9 Å². The molecule has 0 radical (unpaired) electrons. The molecule has 0 aliphatic carbocycles. The summed E-state index contributed by atoms with van der Waals surface area (Å²) in [5.74, 6) is 0.250. The van der Waals surface area contributed by atoms with Crippen LogP contribution >= 0.6 is 11.3 Å². The standard InChI is InChI=1S/C14H18N2S/c1-3-11-7-9-17-14(11)13(15)10(2)12-6-4-5-8-16-12/h4-10,13H,3,15H2,1-2H3. The molecule has 90 valence electrons. The summed E-state index contributed by atoms with van der Waals surface area (Å²) in [6.45, 7) is 4.32. The lowest BCUT2D eigenvalue weighted by atomic mass is 9.95. The Bertz CT molecular complexity index is 464. The first kappa shape index (κ1) is 12.3. The van der Waals surface area contributed by atoms with E-state index in [4.69, 9.17) is 5.73 Å². The van der Waals surface area contributed by atoms with E-state index in [0.717, 1.165) is 12.1 Å². The Morgan fingerprint density at radius 3 is 2.82 bits per heavy atom. The van der Waals surface area contributed by atoms with Gasteiger partial charge < -0.3 is 5.73 Å². The zero-order chi connectivity index (χ0) is 12.3. The van der Waals surface area contributed by atoms with Crippen LogP contribution in [0.2, 0.25) is 0 Å². The third-order valence-corrected chi connectivity index (χ3v) is 4.22. The molecule has 2 unspecified atom stereocenters. The number of thiophene rings is 1. The second kappa shape index (κ2) is 5.43. The fourth-order valence-corrected chi connectivity index (χ4v) is 3.09. The van der Waals surface area contributed by atoms with Gasteiger partial charge in [-0.15, -0.1) is 11.3 Å². The van der Waals surface area contributed by atoms with Gasteiger partial charge in [0, 0.05) is 28.7 Å². The number of hydrogen-bond acceptors (Lipinski definition) is 3. The molecule has 2 rings (SSSR count). The van der Waals surface area contributed by atoms with Crippen molar-refractivity contribution in [2.75, 3.05) is 0 Å². The minimum atomic E-state index is 0.0415. The number of aryl methyl sites for hydroxylation is 1. The number of nitrogens with zero attached hydrogens (tertiary/aromatic N) is 1. The van der Waals surface area contributed by atoms with Gasteiger partial charge in [0.15, 0.2) is 0 Å². The van der Waals surface area contributed by atoms with Gasteiger partial charge in [-0.25, -0.2) is 0 Å². The zero-order valence-electron chi connectivity index (χ0n) is 10.3. The lowest BCUT2D eigenvalue weighted by Gasteiger charge is -2.19. The highest BCUT2D eigenvalue weighted by molar-refractivity contribution is 7.10. The monoisotopic (exact) mass is 246 g/mol. The van der Waals surface area contributed by atoms with Gasteiger partial charge in [0.05, 0.1) is 0 Å². The van der Waals surface area contributed by atoms with Crippen molar-refractivity contribution < 1.29 is 0 Å². The second-order valence-electron chi connectivity index (χ2n) is 4.23. The normalized spacial score (nSPS) is 14.5. The van der Waals surface area contributed by atoms with Gasteiger partial charge in [0.2, 0.25) is 0 Å². The molecule has 3 heteroatoms. The highest BCUT2D eigenvalue weighted by atomic mass is 32.1. The molecule has 0 fully saturated rings. The number of pyridine rings is 1. The van der Waals surface area contributed by atoms with E-state index in [9.17, 15) is 0 Å². The summed E-state index contributed by atoms with van der Waals surface area (Å²) in [5, 5.41) is 2.12. The quantitative estimate of drug-likeness (QED) is 0.896. The molecule has 0 aromatic carbocycles. The molecule has 0 saturated carbocycles. The van der Waals surface area contributed by atoms with Crippen LogP contribution in [0.5, 0.6) is 0 Å². The number of nitrogens with two attached hydrogens (primary N) is 1. The van der Waals surface area contributed by atoms with Crippen LogP contribution in [0.1, 0.15) is 41.9 Å². The van der Waals surface area contributed by atoms with Crippen molar-refractivity contribution in [3.63, 3.8) is 0 Å². The minimum absolute atomic E-state index is 0.0415. The maximum Gasteiger partial charge on any atom is 0.0474 e. The predicted molar refractivity (Wildman–Crippen MR) is 73.3 cm³/mol. The number of aromatic nitrogens is 1. The van der Waals surface area contributed by atoms with Gasteiger partial charge >= 0.3 is 0 Å². The van der Waals surface area contributed by atoms with Crippen LogP contribution in [0, 0.1) is 0 Å². The first-order valence-electron chi connectivity index (χ1n) is 5.96. The molecule has 0 spiro atoms. The first-order chi connectivity index (χ1) is 8.24. The SMILES string of the molecule is CCc1ccsc1C(N)C(C)c1ccccn1. The third kappa shape index (κ3) is 2.56. The van der Waals surface area contributed by atoms with Crippen molar-refractivity contribution in [3.8, 4) is 0 Å². The fraction of sp³-hybridized carbons (Fsp3) is 0.357. The average Bonchev–Trinajstić information content (AvgIpc) is 2.86. The fourth-order valence-electron chi connectivity index (χ4n) is 1.99. The second-order valence-corrected chi connectivity index (χ2v) is 5.18. The van der Waals surface area contributed by atoms with Crippen LogP contribution in [0.15, 0.2) is 35.8 Å². The predicted octanol–water partition coefficient (Wildman–Crippen LogP) is 3.51. The Hall–Kier alpha value is -1.19. The molecule has 2 atom stereocenters. The number of hydrogen-bond donors (Lipinski definition) is 1. The molecule has 0 amide bonds. The van der Waals surface area contributed by atoms with Crippen LogP contribution < -0.4 is 5.73 Å². The summed E-state index contributed by atoms with van der Waals surface area (Å²) < 4.78 is 0. The van der Waals surface area contributed by atoms with Gasteiger partial charge in [-0.05, 0) is 35.6 Å². The van der Waals surface area contributed by atoms with Crippen molar-refractivity contribution in [3.05, 3.63) is 52.0 Å². The molecule has 0 saturated heterocycles. The van der Waals surface area contributed by atoms with E-state index in [-0.39, 0.29) is 12.0 Å². The highest BCUT2D eigenvalue weighted by Crippen LogP contribution is 2.32. The van der Waals surface area contributed by atoms with Crippen LogP contribution in [-0.4, -0.2) is 4.98 Å². The van der Waals surface area contributed by atoms with E-state index in [1.54, 1.807) is 11.3 Å². The summed E-state index contributed by atoms with van der Waals surface area (Å²) in [5.41, 5.74) is 8.79. The van der Waals surface area contributed by atoms with E-state index in [1.165, 1.54) is 10.4 Å². The Balaban J connectivity index is 2.23. The van der Waals surface area contributed by atoms with E-state index in [2.05, 4.69) is 30.3 Å². The molecule has 2 aromatic rings. The molecule has 0 aliphatic rings. The molecule has 2 nitrogen and oxygen atoms in total. The van der Waals surface area contributed by atoms with Gasteiger partial charge in [0.1, 0.15) is 0 Å². The molecule has 17 heavy (non-hydrogen) atoms. The zero-order valence-corrected chi connectivity index (χ0v) is 11.1. The molecule has 0 bridgehead atoms. The summed E-state index contributed by atoms with van der Waals surface area (Å²) in [6, 6.07) is 8.21. The third-order valence-electron chi connectivity index (χ3n) is 3.16. The van der Waals surface area contributed by atoms with E-state index >= 15 is 0 Å². The lowest BCUT2D eigenvalue weighted by molar-refractivity contribution is 0.589. The van der Waals surface area contributed by atoms with E-state index in [1.807, 2.05) is 24.4 Å². The molecule has 2 N–H and O–H groups in total. The summed E-state index contributed by atoms with van der Waals surface area (Å²) in [7, 11) is 0. The van der Waals surface area contributed by atoms with Crippen molar-refractivity contribution in [2.24, 2.45) is 5.73 Å². The van der Waals surface area contributed by atoms with Gasteiger partial charge in [0.25, 0.3) is 0 Å². The Labute approximate surface area is 107 Å². The van der Waals surface area contributed by atoms with Crippen molar-refractivity contribution >= 4 is 11.3 Å². The van der Waals surface area contributed by atoms with Gasteiger partial charge in [-0.1, -0.05) is 19.9 Å². The van der Waals surface area contributed by atoms with Crippen LogP contribution in [0.3, 0.4) is 0 Å². The van der Waals surface area contributed by atoms with Crippen LogP contribution in [-0.2, 0) is 6.42 Å². The van der Waals surface area contributed by atoms with E-state index in [0.29, 0.717) is 0 Å². The summed E-state index contributed by atoms with van der Waals surface area (Å²) >= 11 is 1.75. The van der Waals surface area contributed by atoms with Crippen molar-refractivity contribution in [2.45, 2.75) is 32.2 Å². The Morgan fingerprint density at radius 2 is 2.18 bits per heavy atom. The van der Waals surface area contributed by atoms with E-state index < -0.39 is 0 Å². The minimum Gasteiger partial charge on any atom is -0.323 e. The Kier molecular flexibility index (Phi) is 3.92. The van der Waals surface area contributed by atoms with Gasteiger partial charge in [-0.3, -0.25) is 4.98 Å². The number of rotatable bonds is 4. The molecule has 2 heterocycles. The van der Waals surface area contributed by atoms with Crippen molar-refractivity contribution in [1.82, 2.24) is 4.98 Å². The maximum absolute atomic E-state index is 6.36. The summed E-state index contributed by atoms with van der Waals surface area (Å²) in [4.78, 5) is 5.69. The lowest BCUT2D eigenvalue weighted by Crippen LogP contribution is -2.18. The molecule has 0 aliphatic heterocycles. The molecule has 2 aromatic heterocycles. The van der Waals surface area contributed by atoms with Crippen molar-refractivity contribution in [1.29, 1.82) is 0 Å². The van der Waals surface area contributed by atoms with Gasteiger partial charge in [-0.2, -0.15) is 0 Å². The maximum atomic E-state index is 6.36. The molecular formula is C14H18N2S. The summed E-state index contributed by atoms with van der Waals surface area (Å²) in [6.07, 6.45) is 2.87. The first-order valence-corrected chi connectivity index (χ1v) is 6.84. The molecular weight excluding hydrogens is 228 g/mol. The average molecular weight is 246 g/mol.